The summed E-state index contributed by atoms with van der Waals surface area (Å²) in [5, 5.41) is 9.24. The summed E-state index contributed by atoms with van der Waals surface area (Å²) >= 11 is 3.54. The average Bonchev–Trinajstić information content (AvgIpc) is 3.34. The summed E-state index contributed by atoms with van der Waals surface area (Å²) in [6, 6.07) is 15.8. The van der Waals surface area contributed by atoms with Crippen LogP contribution in [0.4, 0.5) is 23.2 Å². The van der Waals surface area contributed by atoms with E-state index in [0.29, 0.717) is 25.0 Å². The van der Waals surface area contributed by atoms with Crippen molar-refractivity contribution in [2.75, 3.05) is 26.0 Å². The molecular formula is C34H42F4N6O4S. The molecule has 0 bridgehead atoms. The number of aryl methyl sites for hydroxylation is 3. The standard InChI is InChI=1S/C32H35F4N5O2.CH5NS.CH2O2/c1-19-38-29-16-23(10-14-30(29)40(19)3)22-8-5-21(6-9-22)7-12-26(41(4)20(2)42)15-24(18-37)31(43)39-28-13-11-25(17-27(28)33)32(34,35)36;1-2-3;2-1-3/h5-6,8-11,13-14,16-17,24,26H,7,12,15,18,37H2,1-4H3,(H,39,43);2-3H,1H3;1H,(H,2,3)/t24?,26-;;/m0../s1. The molecule has 49 heavy (non-hydrogen) atoms. The molecule has 3 aromatic carbocycles. The molecule has 0 saturated carbocycles. The van der Waals surface area contributed by atoms with Gasteiger partial charge in [0.15, 0.2) is 0 Å². The Morgan fingerprint density at radius 1 is 1.10 bits per heavy atom. The van der Waals surface area contributed by atoms with Gasteiger partial charge in [-0.25, -0.2) is 9.37 Å². The Morgan fingerprint density at radius 3 is 2.22 bits per heavy atom. The number of carboxylic acid groups (broad SMARTS) is 1. The van der Waals surface area contributed by atoms with Crippen LogP contribution in [0.25, 0.3) is 22.2 Å². The second kappa shape index (κ2) is 18.9. The number of nitrogens with zero attached hydrogens (tertiary/aromatic N) is 3. The number of anilines is 1. The minimum absolute atomic E-state index is 0.0921. The van der Waals surface area contributed by atoms with Crippen LogP contribution < -0.4 is 15.8 Å². The lowest BCUT2D eigenvalue weighted by molar-refractivity contribution is -0.137. The number of carbonyl (C=O) groups is 3. The van der Waals surface area contributed by atoms with Crippen molar-refractivity contribution in [2.24, 2.45) is 18.7 Å². The molecule has 15 heteroatoms. The number of nitrogens with two attached hydrogens (primary N) is 1. The summed E-state index contributed by atoms with van der Waals surface area (Å²) in [5.41, 5.74) is 9.48. The number of halogens is 4. The number of amides is 2. The van der Waals surface area contributed by atoms with Crippen molar-refractivity contribution in [1.29, 1.82) is 0 Å². The first-order valence-corrected chi connectivity index (χ1v) is 15.6. The molecule has 0 fully saturated rings. The molecule has 4 aromatic rings. The largest absolute Gasteiger partial charge is 0.483 e. The molecule has 0 aliphatic heterocycles. The van der Waals surface area contributed by atoms with Crippen LogP contribution in [0, 0.1) is 18.7 Å². The maximum absolute atomic E-state index is 14.3. The minimum atomic E-state index is -4.71. The fourth-order valence-electron chi connectivity index (χ4n) is 5.09. The number of alkyl halides is 3. The Morgan fingerprint density at radius 2 is 1.69 bits per heavy atom. The van der Waals surface area contributed by atoms with Crippen molar-refractivity contribution in [3.05, 3.63) is 83.4 Å². The third kappa shape index (κ3) is 11.6. The molecule has 0 radical (unpaired) electrons. The van der Waals surface area contributed by atoms with Crippen LogP contribution in [0.3, 0.4) is 0 Å². The lowest BCUT2D eigenvalue weighted by atomic mass is 9.93. The van der Waals surface area contributed by atoms with Crippen molar-refractivity contribution in [3.8, 4) is 11.1 Å². The van der Waals surface area contributed by atoms with Crippen LogP contribution in [0.2, 0.25) is 0 Å². The van der Waals surface area contributed by atoms with Crippen LogP contribution >= 0.6 is 12.8 Å². The molecule has 4 rings (SSSR count). The van der Waals surface area contributed by atoms with Gasteiger partial charge in [-0.15, -0.1) is 0 Å². The molecule has 1 unspecified atom stereocenters. The van der Waals surface area contributed by atoms with Gasteiger partial charge in [-0.3, -0.25) is 19.1 Å². The number of aromatic nitrogens is 2. The molecule has 5 N–H and O–H groups in total. The predicted octanol–water partition coefficient (Wildman–Crippen LogP) is 5.84. The van der Waals surface area contributed by atoms with Crippen molar-refractivity contribution >= 4 is 47.8 Å². The van der Waals surface area contributed by atoms with Gasteiger partial charge in [-0.05, 0) is 80.3 Å². The zero-order valence-corrected chi connectivity index (χ0v) is 28.8. The van der Waals surface area contributed by atoms with Gasteiger partial charge in [0.2, 0.25) is 11.8 Å². The van der Waals surface area contributed by atoms with Gasteiger partial charge >= 0.3 is 6.18 Å². The Bertz CT molecular complexity index is 1700. The number of nitrogens with one attached hydrogen (secondary N) is 2. The normalized spacial score (nSPS) is 12.1. The number of benzene rings is 3. The lowest BCUT2D eigenvalue weighted by Gasteiger charge is -2.30. The molecule has 0 spiro atoms. The number of thiol groups is 1. The van der Waals surface area contributed by atoms with E-state index in [-0.39, 0.29) is 37.1 Å². The second-order valence-electron chi connectivity index (χ2n) is 11.1. The van der Waals surface area contributed by atoms with E-state index in [9.17, 15) is 27.2 Å². The van der Waals surface area contributed by atoms with E-state index in [1.165, 1.54) is 6.92 Å². The van der Waals surface area contributed by atoms with E-state index < -0.39 is 29.4 Å². The first-order chi connectivity index (χ1) is 23.1. The maximum Gasteiger partial charge on any atom is 0.416 e. The minimum Gasteiger partial charge on any atom is -0.483 e. The van der Waals surface area contributed by atoms with Gasteiger partial charge in [-0.1, -0.05) is 43.1 Å². The molecule has 1 heterocycles. The van der Waals surface area contributed by atoms with Crippen LogP contribution in [-0.4, -0.2) is 64.5 Å². The van der Waals surface area contributed by atoms with Gasteiger partial charge in [-0.2, -0.15) is 13.2 Å². The Balaban J connectivity index is 0.00000129. The number of rotatable bonds is 10. The molecule has 0 aliphatic rings. The van der Waals surface area contributed by atoms with Crippen LogP contribution in [0.1, 0.15) is 36.7 Å². The van der Waals surface area contributed by atoms with Crippen molar-refractivity contribution in [1.82, 2.24) is 19.2 Å². The zero-order valence-electron chi connectivity index (χ0n) is 27.9. The quantitative estimate of drug-likeness (QED) is 0.0793. The van der Waals surface area contributed by atoms with Crippen LogP contribution in [0.15, 0.2) is 60.7 Å². The predicted molar refractivity (Wildman–Crippen MR) is 185 cm³/mol. The van der Waals surface area contributed by atoms with E-state index in [2.05, 4.69) is 46.0 Å². The van der Waals surface area contributed by atoms with Crippen LogP contribution in [0.5, 0.6) is 0 Å². The third-order valence-corrected chi connectivity index (χ3v) is 7.97. The van der Waals surface area contributed by atoms with E-state index in [4.69, 9.17) is 15.6 Å². The second-order valence-corrected chi connectivity index (χ2v) is 11.6. The average molecular weight is 707 g/mol. The number of carbonyl (C=O) groups excluding carboxylic acids is 2. The molecule has 10 nitrogen and oxygen atoms in total. The first-order valence-electron chi connectivity index (χ1n) is 15.1. The van der Waals surface area contributed by atoms with Crippen molar-refractivity contribution in [3.63, 3.8) is 0 Å². The van der Waals surface area contributed by atoms with Gasteiger partial charge in [0.05, 0.1) is 28.2 Å². The maximum atomic E-state index is 14.3. The summed E-state index contributed by atoms with van der Waals surface area (Å²) in [7, 11) is 5.37. The Kier molecular flexibility index (Phi) is 15.7. The van der Waals surface area contributed by atoms with Gasteiger partial charge in [0.25, 0.3) is 6.47 Å². The molecule has 1 aromatic heterocycles. The highest BCUT2D eigenvalue weighted by molar-refractivity contribution is 7.78. The fourth-order valence-corrected chi connectivity index (χ4v) is 5.09. The monoisotopic (exact) mass is 706 g/mol. The van der Waals surface area contributed by atoms with E-state index in [0.717, 1.165) is 39.6 Å². The first kappa shape index (κ1) is 40.7. The molecule has 0 aliphatic carbocycles. The summed E-state index contributed by atoms with van der Waals surface area (Å²) in [6.45, 7) is 3.05. The van der Waals surface area contributed by atoms with Gasteiger partial charge in [0.1, 0.15) is 11.6 Å². The zero-order chi connectivity index (χ0) is 36.9. The van der Waals surface area contributed by atoms with Gasteiger partial charge < -0.3 is 25.6 Å². The van der Waals surface area contributed by atoms with Gasteiger partial charge in [0, 0.05) is 33.6 Å². The summed E-state index contributed by atoms with van der Waals surface area (Å²) in [4.78, 5) is 39.7. The highest BCUT2D eigenvalue weighted by Crippen LogP contribution is 2.32. The lowest BCUT2D eigenvalue weighted by Crippen LogP contribution is -2.41. The van der Waals surface area contributed by atoms with Crippen molar-refractivity contribution < 1.29 is 37.1 Å². The molecule has 2 amide bonds. The molecule has 2 atom stereocenters. The highest BCUT2D eigenvalue weighted by Gasteiger charge is 2.32. The fraction of sp³-hybridized carbons (Fsp3) is 0.353. The molecular weight excluding hydrogens is 664 g/mol. The van der Waals surface area contributed by atoms with E-state index >= 15 is 0 Å². The molecule has 266 valence electrons. The van der Waals surface area contributed by atoms with E-state index in [1.807, 2.05) is 42.8 Å². The molecule has 0 saturated heterocycles. The van der Waals surface area contributed by atoms with Crippen molar-refractivity contribution in [2.45, 2.75) is 45.3 Å². The Hall–Kier alpha value is -4.47. The summed E-state index contributed by atoms with van der Waals surface area (Å²) in [5.74, 6) is -1.89. The number of hydrogen-bond acceptors (Lipinski definition) is 7. The smallest absolute Gasteiger partial charge is 0.416 e. The van der Waals surface area contributed by atoms with Crippen LogP contribution in [-0.2, 0) is 34.0 Å². The summed E-state index contributed by atoms with van der Waals surface area (Å²) in [6.07, 6.45) is -3.36. The summed E-state index contributed by atoms with van der Waals surface area (Å²) < 4.78 is 57.5. The highest BCUT2D eigenvalue weighted by atomic mass is 32.1. The Labute approximate surface area is 288 Å². The van der Waals surface area contributed by atoms with E-state index in [1.54, 1.807) is 19.0 Å². The third-order valence-electron chi connectivity index (χ3n) is 7.97. The topological polar surface area (TPSA) is 143 Å². The number of fused-ring (bicyclic) bond motifs is 1. The SMILES string of the molecule is CC(=O)N(C)[C@@H](CCc1ccc(-c2ccc3c(c2)nc(C)n3C)cc1)CC(CN)C(=O)Nc1ccc(C(F)(F)F)cc1F.CNS.O=CO. The number of hydrogen-bond donors (Lipinski definition) is 5. The number of imidazole rings is 1.